The number of morpholine rings is 1. The van der Waals surface area contributed by atoms with Crippen molar-refractivity contribution in [3.8, 4) is 0 Å². The van der Waals surface area contributed by atoms with Crippen molar-refractivity contribution in [1.82, 2.24) is 19.4 Å². The minimum absolute atomic E-state index is 0.00111. The van der Waals surface area contributed by atoms with Crippen molar-refractivity contribution in [3.63, 3.8) is 0 Å². The van der Waals surface area contributed by atoms with Crippen LogP contribution in [0, 0.1) is 0 Å². The van der Waals surface area contributed by atoms with Crippen molar-refractivity contribution in [2.45, 2.75) is 30.6 Å². The first-order valence-electron chi connectivity index (χ1n) is 9.86. The Labute approximate surface area is 171 Å². The Morgan fingerprint density at radius 1 is 1.14 bits per heavy atom. The van der Waals surface area contributed by atoms with Crippen molar-refractivity contribution in [3.05, 3.63) is 47.8 Å². The third kappa shape index (κ3) is 6.12. The zero-order chi connectivity index (χ0) is 20.7. The number of hydrogen-bond donors (Lipinski definition) is 1. The number of aromatic nitrogens is 2. The Balaban J connectivity index is 1.40. The average molecular weight is 421 g/mol. The summed E-state index contributed by atoms with van der Waals surface area (Å²) in [4.78, 5) is 12.3. The van der Waals surface area contributed by atoms with E-state index in [1.54, 1.807) is 28.9 Å². The molecule has 2 heterocycles. The molecule has 8 nitrogen and oxygen atoms in total. The van der Waals surface area contributed by atoms with Gasteiger partial charge < -0.3 is 10.1 Å². The van der Waals surface area contributed by atoms with Crippen LogP contribution in [0.5, 0.6) is 0 Å². The molecular weight excluding hydrogens is 392 g/mol. The van der Waals surface area contributed by atoms with Crippen LogP contribution in [0.3, 0.4) is 0 Å². The van der Waals surface area contributed by atoms with Gasteiger partial charge in [0.15, 0.2) is 0 Å². The van der Waals surface area contributed by atoms with Crippen molar-refractivity contribution in [2.24, 2.45) is 7.05 Å². The molecule has 1 saturated heterocycles. The van der Waals surface area contributed by atoms with Crippen LogP contribution in [0.4, 0.5) is 0 Å². The van der Waals surface area contributed by atoms with Crippen LogP contribution in [0.2, 0.25) is 0 Å². The molecule has 1 fully saturated rings. The summed E-state index contributed by atoms with van der Waals surface area (Å²) in [5.74, 6) is 0.00111. The normalized spacial score (nSPS) is 15.3. The Hall–Kier alpha value is -2.23. The number of carbonyl (C=O) groups excluding carboxylic acids is 1. The van der Waals surface area contributed by atoms with Gasteiger partial charge in [-0.05, 0) is 42.5 Å². The molecule has 9 heteroatoms. The van der Waals surface area contributed by atoms with Gasteiger partial charge in [0.1, 0.15) is 0 Å². The smallest absolute Gasteiger partial charge is 0.243 e. The van der Waals surface area contributed by atoms with Gasteiger partial charge in [0.25, 0.3) is 0 Å². The molecule has 1 aromatic carbocycles. The second-order valence-corrected chi connectivity index (χ2v) is 9.07. The van der Waals surface area contributed by atoms with Crippen LogP contribution in [0.25, 0.3) is 0 Å². The summed E-state index contributed by atoms with van der Waals surface area (Å²) >= 11 is 0. The molecule has 0 unspecified atom stereocenters. The van der Waals surface area contributed by atoms with Crippen LogP contribution in [0.1, 0.15) is 24.0 Å². The zero-order valence-electron chi connectivity index (χ0n) is 16.7. The van der Waals surface area contributed by atoms with Gasteiger partial charge in [0.2, 0.25) is 15.9 Å². The highest BCUT2D eigenvalue weighted by atomic mass is 32.2. The quantitative estimate of drug-likeness (QED) is 0.614. The summed E-state index contributed by atoms with van der Waals surface area (Å²) in [6.45, 7) is 2.24. The van der Waals surface area contributed by atoms with Crippen molar-refractivity contribution in [1.29, 1.82) is 0 Å². The van der Waals surface area contributed by atoms with E-state index in [-0.39, 0.29) is 10.8 Å². The first kappa shape index (κ1) is 21.5. The molecule has 158 valence electrons. The van der Waals surface area contributed by atoms with Gasteiger partial charge in [-0.3, -0.25) is 9.48 Å². The number of nitrogens with zero attached hydrogens (tertiary/aromatic N) is 3. The van der Waals surface area contributed by atoms with E-state index in [0.29, 0.717) is 45.7 Å². The van der Waals surface area contributed by atoms with Gasteiger partial charge >= 0.3 is 0 Å². The fourth-order valence-corrected chi connectivity index (χ4v) is 4.64. The van der Waals surface area contributed by atoms with Crippen LogP contribution in [-0.2, 0) is 39.4 Å². The Bertz CT molecular complexity index is 903. The van der Waals surface area contributed by atoms with Crippen LogP contribution < -0.4 is 5.32 Å². The molecule has 0 saturated carbocycles. The second-order valence-electron chi connectivity index (χ2n) is 7.14. The number of hydrogen-bond acceptors (Lipinski definition) is 5. The lowest BCUT2D eigenvalue weighted by Gasteiger charge is -2.26. The van der Waals surface area contributed by atoms with E-state index in [4.69, 9.17) is 4.74 Å². The fourth-order valence-electron chi connectivity index (χ4n) is 3.23. The fraction of sp³-hybridized carbons (Fsp3) is 0.500. The number of carbonyl (C=O) groups is 1. The molecule has 3 rings (SSSR count). The number of rotatable bonds is 9. The van der Waals surface area contributed by atoms with E-state index in [2.05, 4.69) is 10.4 Å². The Morgan fingerprint density at radius 3 is 2.52 bits per heavy atom. The van der Waals surface area contributed by atoms with Crippen molar-refractivity contribution in [2.75, 3.05) is 32.8 Å². The first-order chi connectivity index (χ1) is 13.9. The van der Waals surface area contributed by atoms with E-state index >= 15 is 0 Å². The highest BCUT2D eigenvalue weighted by Gasteiger charge is 2.26. The van der Waals surface area contributed by atoms with Crippen LogP contribution in [-0.4, -0.2) is 61.3 Å². The topological polar surface area (TPSA) is 93.5 Å². The van der Waals surface area contributed by atoms with Gasteiger partial charge in [-0.25, -0.2) is 8.42 Å². The first-order valence-corrected chi connectivity index (χ1v) is 11.3. The van der Waals surface area contributed by atoms with Crippen molar-refractivity contribution < 1.29 is 17.9 Å². The summed E-state index contributed by atoms with van der Waals surface area (Å²) in [5, 5.41) is 7.05. The molecule has 0 aliphatic carbocycles. The minimum atomic E-state index is -3.48. The highest BCUT2D eigenvalue weighted by molar-refractivity contribution is 7.89. The van der Waals surface area contributed by atoms with Crippen LogP contribution >= 0.6 is 0 Å². The number of aryl methyl sites for hydroxylation is 3. The standard InChI is InChI=1S/C20H28N4O4S/c1-23-16-18(15-22-23)3-2-10-21-20(25)9-6-17-4-7-19(8-5-17)29(26,27)24-11-13-28-14-12-24/h4-5,7-8,15-16H,2-3,6,9-14H2,1H3,(H,21,25). The molecule has 0 spiro atoms. The number of ether oxygens (including phenoxy) is 1. The van der Waals surface area contributed by atoms with Gasteiger partial charge in [0, 0.05) is 39.3 Å². The number of benzene rings is 1. The van der Waals surface area contributed by atoms with E-state index in [9.17, 15) is 13.2 Å². The average Bonchev–Trinajstić information content (AvgIpc) is 3.15. The summed E-state index contributed by atoms with van der Waals surface area (Å²) in [6, 6.07) is 6.80. The lowest BCUT2D eigenvalue weighted by molar-refractivity contribution is -0.121. The highest BCUT2D eigenvalue weighted by Crippen LogP contribution is 2.18. The maximum atomic E-state index is 12.6. The molecule has 1 amide bonds. The SMILES string of the molecule is Cn1cc(CCCNC(=O)CCc2ccc(S(=O)(=O)N3CCOCC3)cc2)cn1. The summed E-state index contributed by atoms with van der Waals surface area (Å²) in [5.41, 5.74) is 2.10. The van der Waals surface area contributed by atoms with Gasteiger partial charge in [-0.2, -0.15) is 9.40 Å². The summed E-state index contributed by atoms with van der Waals surface area (Å²) in [7, 11) is -1.59. The van der Waals surface area contributed by atoms with Gasteiger partial charge in [0.05, 0.1) is 24.3 Å². The lowest BCUT2D eigenvalue weighted by atomic mass is 10.1. The third-order valence-electron chi connectivity index (χ3n) is 4.89. The lowest BCUT2D eigenvalue weighted by Crippen LogP contribution is -2.40. The molecule has 0 atom stereocenters. The van der Waals surface area contributed by atoms with Gasteiger partial charge in [-0.1, -0.05) is 12.1 Å². The molecular formula is C20H28N4O4S. The maximum absolute atomic E-state index is 12.6. The monoisotopic (exact) mass is 420 g/mol. The summed E-state index contributed by atoms with van der Waals surface area (Å²) < 4.78 is 33.7. The Morgan fingerprint density at radius 2 is 1.86 bits per heavy atom. The molecule has 2 aromatic rings. The number of sulfonamides is 1. The maximum Gasteiger partial charge on any atom is 0.243 e. The van der Waals surface area contributed by atoms with Crippen LogP contribution in [0.15, 0.2) is 41.6 Å². The molecule has 0 radical (unpaired) electrons. The number of amides is 1. The minimum Gasteiger partial charge on any atom is -0.379 e. The van der Waals surface area contributed by atoms with Gasteiger partial charge in [-0.15, -0.1) is 0 Å². The molecule has 1 aliphatic heterocycles. The molecule has 29 heavy (non-hydrogen) atoms. The second kappa shape index (κ2) is 10.00. The molecule has 1 N–H and O–H groups in total. The predicted octanol–water partition coefficient (Wildman–Crippen LogP) is 1.12. The van der Waals surface area contributed by atoms with E-state index in [0.717, 1.165) is 24.0 Å². The molecule has 1 aromatic heterocycles. The van der Waals surface area contributed by atoms with E-state index in [1.165, 1.54) is 4.31 Å². The van der Waals surface area contributed by atoms with Crippen molar-refractivity contribution >= 4 is 15.9 Å². The zero-order valence-corrected chi connectivity index (χ0v) is 17.5. The predicted molar refractivity (Wildman–Crippen MR) is 109 cm³/mol. The number of nitrogens with one attached hydrogen (secondary N) is 1. The molecule has 1 aliphatic rings. The largest absolute Gasteiger partial charge is 0.379 e. The van der Waals surface area contributed by atoms with E-state index in [1.807, 2.05) is 19.4 Å². The third-order valence-corrected chi connectivity index (χ3v) is 6.81. The Kier molecular flexibility index (Phi) is 7.40. The summed E-state index contributed by atoms with van der Waals surface area (Å²) in [6.07, 6.45) is 6.52. The van der Waals surface area contributed by atoms with E-state index < -0.39 is 10.0 Å². The molecule has 0 bridgehead atoms.